The number of urea groups is 1. The minimum Gasteiger partial charge on any atom is -0.485 e. The molecule has 0 aliphatic rings. The second-order valence-corrected chi connectivity index (χ2v) is 6.35. The van der Waals surface area contributed by atoms with Gasteiger partial charge in [-0.2, -0.15) is 0 Å². The van der Waals surface area contributed by atoms with E-state index < -0.39 is 6.03 Å². The van der Waals surface area contributed by atoms with Crippen LogP contribution >= 0.6 is 11.3 Å². The number of thiazole rings is 1. The highest BCUT2D eigenvalue weighted by molar-refractivity contribution is 7.07. The van der Waals surface area contributed by atoms with E-state index in [0.29, 0.717) is 30.2 Å². The minimum atomic E-state index is -0.592. The van der Waals surface area contributed by atoms with Crippen LogP contribution in [0.4, 0.5) is 10.5 Å². The predicted octanol–water partition coefficient (Wildman–Crippen LogP) is 3.14. The molecular weight excluding hydrogens is 364 g/mol. The first-order valence-electron chi connectivity index (χ1n) is 8.14. The van der Waals surface area contributed by atoms with Gasteiger partial charge >= 0.3 is 6.03 Å². The Hall–Kier alpha value is -3.39. The molecule has 0 bridgehead atoms. The number of benzene rings is 2. The molecule has 0 radical (unpaired) electrons. The number of primary amides is 1. The summed E-state index contributed by atoms with van der Waals surface area (Å²) in [6, 6.07) is 13.5. The number of rotatable bonds is 7. The van der Waals surface area contributed by atoms with Crippen LogP contribution in [0.5, 0.6) is 5.75 Å². The van der Waals surface area contributed by atoms with Gasteiger partial charge in [-0.1, -0.05) is 24.3 Å². The van der Waals surface area contributed by atoms with E-state index in [2.05, 4.69) is 15.6 Å². The predicted molar refractivity (Wildman–Crippen MR) is 104 cm³/mol. The maximum atomic E-state index is 12.5. The number of nitrogens with zero attached hydrogens (tertiary/aromatic N) is 1. The van der Waals surface area contributed by atoms with Gasteiger partial charge in [-0.3, -0.25) is 4.79 Å². The van der Waals surface area contributed by atoms with Crippen molar-refractivity contribution in [1.82, 2.24) is 10.3 Å². The van der Waals surface area contributed by atoms with Gasteiger partial charge in [-0.25, -0.2) is 9.78 Å². The number of nitrogens with one attached hydrogen (secondary N) is 2. The number of hydrogen-bond donors (Lipinski definition) is 3. The number of carbonyl (C=O) groups is 2. The number of hydrogen-bond acceptors (Lipinski definition) is 5. The fourth-order valence-electron chi connectivity index (χ4n) is 2.31. The molecule has 0 spiro atoms. The lowest BCUT2D eigenvalue weighted by molar-refractivity contribution is 0.102. The van der Waals surface area contributed by atoms with Crippen molar-refractivity contribution >= 4 is 29.0 Å². The van der Waals surface area contributed by atoms with Crippen molar-refractivity contribution in [3.8, 4) is 5.75 Å². The summed E-state index contributed by atoms with van der Waals surface area (Å²) in [5, 5.41) is 7.27. The standard InChI is InChI=1S/C19H18N4O3S/c20-19(25)21-9-13-5-7-14(8-6-13)18(24)23-16-3-1-2-4-17(16)26-10-15-11-27-12-22-15/h1-8,11-12H,9-10H2,(H,23,24)(H3,20,21,25). The third kappa shape index (κ3) is 5.29. The number of amides is 3. The van der Waals surface area contributed by atoms with Gasteiger partial charge in [-0.15, -0.1) is 11.3 Å². The molecule has 8 heteroatoms. The number of anilines is 1. The van der Waals surface area contributed by atoms with Gasteiger partial charge in [0.15, 0.2) is 0 Å². The zero-order valence-corrected chi connectivity index (χ0v) is 15.2. The first-order valence-corrected chi connectivity index (χ1v) is 9.08. The van der Waals surface area contributed by atoms with E-state index in [-0.39, 0.29) is 5.91 Å². The molecule has 0 aliphatic heterocycles. The number of nitrogens with two attached hydrogens (primary N) is 1. The SMILES string of the molecule is NC(=O)NCc1ccc(C(=O)Nc2ccccc2OCc2cscn2)cc1. The lowest BCUT2D eigenvalue weighted by Gasteiger charge is -2.12. The summed E-state index contributed by atoms with van der Waals surface area (Å²) in [6.07, 6.45) is 0. The highest BCUT2D eigenvalue weighted by atomic mass is 32.1. The summed E-state index contributed by atoms with van der Waals surface area (Å²) < 4.78 is 5.77. The van der Waals surface area contributed by atoms with Crippen molar-refractivity contribution < 1.29 is 14.3 Å². The van der Waals surface area contributed by atoms with Crippen molar-refractivity contribution in [2.45, 2.75) is 13.2 Å². The van der Waals surface area contributed by atoms with E-state index in [4.69, 9.17) is 10.5 Å². The second-order valence-electron chi connectivity index (χ2n) is 5.63. The maximum Gasteiger partial charge on any atom is 0.312 e. The van der Waals surface area contributed by atoms with Crippen molar-refractivity contribution in [1.29, 1.82) is 0 Å². The molecule has 27 heavy (non-hydrogen) atoms. The smallest absolute Gasteiger partial charge is 0.312 e. The summed E-state index contributed by atoms with van der Waals surface area (Å²) >= 11 is 1.50. The first kappa shape index (κ1) is 18.4. The van der Waals surface area contributed by atoms with E-state index >= 15 is 0 Å². The van der Waals surface area contributed by atoms with Crippen LogP contribution < -0.4 is 21.1 Å². The summed E-state index contributed by atoms with van der Waals surface area (Å²) in [7, 11) is 0. The van der Waals surface area contributed by atoms with Crippen LogP contribution in [0, 0.1) is 0 Å². The molecule has 3 amide bonds. The summed E-state index contributed by atoms with van der Waals surface area (Å²) in [4.78, 5) is 27.4. The fraction of sp³-hybridized carbons (Fsp3) is 0.105. The van der Waals surface area contributed by atoms with E-state index in [9.17, 15) is 9.59 Å². The van der Waals surface area contributed by atoms with E-state index in [0.717, 1.165) is 11.3 Å². The van der Waals surface area contributed by atoms with Crippen LogP contribution in [0.15, 0.2) is 59.4 Å². The van der Waals surface area contributed by atoms with E-state index in [1.807, 2.05) is 17.5 Å². The van der Waals surface area contributed by atoms with Gasteiger partial charge in [0.25, 0.3) is 5.91 Å². The summed E-state index contributed by atoms with van der Waals surface area (Å²) in [5.74, 6) is 0.315. The number of aromatic nitrogens is 1. The Balaban J connectivity index is 1.64. The molecular formula is C19H18N4O3S. The normalized spacial score (nSPS) is 10.2. The van der Waals surface area contributed by atoms with E-state index in [1.165, 1.54) is 11.3 Å². The van der Waals surface area contributed by atoms with Crippen molar-refractivity contribution in [2.24, 2.45) is 5.73 Å². The van der Waals surface area contributed by atoms with E-state index in [1.54, 1.807) is 41.9 Å². The molecule has 0 aliphatic carbocycles. The molecule has 138 valence electrons. The summed E-state index contributed by atoms with van der Waals surface area (Å²) in [6.45, 7) is 0.641. The highest BCUT2D eigenvalue weighted by Crippen LogP contribution is 2.25. The molecule has 0 fully saturated rings. The van der Waals surface area contributed by atoms with Crippen LogP contribution in [0.2, 0.25) is 0 Å². The van der Waals surface area contributed by atoms with Crippen LogP contribution in [-0.4, -0.2) is 16.9 Å². The molecule has 1 heterocycles. The van der Waals surface area contributed by atoms with Crippen LogP contribution in [0.1, 0.15) is 21.6 Å². The molecule has 0 saturated heterocycles. The van der Waals surface area contributed by atoms with Crippen molar-refractivity contribution in [3.05, 3.63) is 76.2 Å². The molecule has 2 aromatic carbocycles. The van der Waals surface area contributed by atoms with Crippen LogP contribution in [0.3, 0.4) is 0 Å². The maximum absolute atomic E-state index is 12.5. The number of carbonyl (C=O) groups excluding carboxylic acids is 2. The van der Waals surface area contributed by atoms with Crippen molar-refractivity contribution in [3.63, 3.8) is 0 Å². The first-order chi connectivity index (χ1) is 13.1. The molecule has 1 aromatic heterocycles. The zero-order valence-electron chi connectivity index (χ0n) is 14.3. The van der Waals surface area contributed by atoms with Gasteiger partial charge in [-0.05, 0) is 29.8 Å². The zero-order chi connectivity index (χ0) is 19.1. The highest BCUT2D eigenvalue weighted by Gasteiger charge is 2.10. The van der Waals surface area contributed by atoms with Gasteiger partial charge in [0.1, 0.15) is 12.4 Å². The average molecular weight is 382 g/mol. The Morgan fingerprint density at radius 1 is 1.11 bits per heavy atom. The lowest BCUT2D eigenvalue weighted by Crippen LogP contribution is -2.28. The third-order valence-electron chi connectivity index (χ3n) is 3.68. The topological polar surface area (TPSA) is 106 Å². The molecule has 3 aromatic rings. The number of para-hydroxylation sites is 2. The van der Waals surface area contributed by atoms with Crippen molar-refractivity contribution in [2.75, 3.05) is 5.32 Å². The molecule has 3 rings (SSSR count). The largest absolute Gasteiger partial charge is 0.485 e. The lowest BCUT2D eigenvalue weighted by atomic mass is 10.1. The monoisotopic (exact) mass is 382 g/mol. The Labute approximate surface area is 160 Å². The second kappa shape index (κ2) is 8.81. The summed E-state index contributed by atoms with van der Waals surface area (Å²) in [5.41, 5.74) is 9.54. The van der Waals surface area contributed by atoms with Gasteiger partial charge < -0.3 is 21.1 Å². The van der Waals surface area contributed by atoms with Gasteiger partial charge in [0.05, 0.1) is 16.9 Å². The molecule has 0 atom stereocenters. The number of ether oxygens (including phenoxy) is 1. The minimum absolute atomic E-state index is 0.255. The average Bonchev–Trinajstić information content (AvgIpc) is 3.19. The Kier molecular flexibility index (Phi) is 6.01. The molecule has 0 saturated carbocycles. The third-order valence-corrected chi connectivity index (χ3v) is 4.31. The van der Waals surface area contributed by atoms with Gasteiger partial charge in [0, 0.05) is 17.5 Å². The Morgan fingerprint density at radius 2 is 1.89 bits per heavy atom. The molecule has 7 nitrogen and oxygen atoms in total. The fourth-order valence-corrected chi connectivity index (χ4v) is 2.86. The quantitative estimate of drug-likeness (QED) is 0.583. The molecule has 4 N–H and O–H groups in total. The molecule has 0 unspecified atom stereocenters. The van der Waals surface area contributed by atoms with Gasteiger partial charge in [0.2, 0.25) is 0 Å². The Bertz CT molecular complexity index is 911. The van der Waals surface area contributed by atoms with Crippen LogP contribution in [-0.2, 0) is 13.2 Å². The van der Waals surface area contributed by atoms with Crippen LogP contribution in [0.25, 0.3) is 0 Å². The Morgan fingerprint density at radius 3 is 2.59 bits per heavy atom.